The number of carbonyl (C=O) groups is 1. The Bertz CT molecular complexity index is 1020. The van der Waals surface area contributed by atoms with Crippen LogP contribution in [0, 0.1) is 6.92 Å². The molecule has 2 aromatic carbocycles. The van der Waals surface area contributed by atoms with Crippen LogP contribution in [0.3, 0.4) is 0 Å². The maximum Gasteiger partial charge on any atom is 0.232 e. The highest BCUT2D eigenvalue weighted by Crippen LogP contribution is 2.31. The van der Waals surface area contributed by atoms with Crippen molar-refractivity contribution < 1.29 is 4.79 Å². The number of aryl methyl sites for hydroxylation is 1. The van der Waals surface area contributed by atoms with E-state index in [0.717, 1.165) is 31.7 Å². The number of rotatable bonds is 3. The lowest BCUT2D eigenvalue weighted by Crippen LogP contribution is -2.14. The van der Waals surface area contributed by atoms with E-state index >= 15 is 0 Å². The van der Waals surface area contributed by atoms with Gasteiger partial charge in [-0.05, 0) is 18.4 Å². The van der Waals surface area contributed by atoms with E-state index in [-0.39, 0.29) is 12.3 Å². The van der Waals surface area contributed by atoms with Crippen molar-refractivity contribution in [2.75, 3.05) is 5.32 Å². The molecule has 0 unspecified atom stereocenters. The Kier molecular flexibility index (Phi) is 3.55. The van der Waals surface area contributed by atoms with Crippen LogP contribution in [0.2, 0.25) is 0 Å². The molecule has 1 N–H and O–H groups in total. The highest BCUT2D eigenvalue weighted by Gasteiger charge is 2.11. The molecule has 1 amide bonds. The summed E-state index contributed by atoms with van der Waals surface area (Å²) in [6.45, 7) is 1.94. The fourth-order valence-corrected chi connectivity index (χ4v) is 4.04. The van der Waals surface area contributed by atoms with Crippen molar-refractivity contribution in [1.29, 1.82) is 0 Å². The van der Waals surface area contributed by atoms with Crippen LogP contribution in [0.4, 0.5) is 5.13 Å². The van der Waals surface area contributed by atoms with E-state index in [4.69, 9.17) is 0 Å². The Morgan fingerprint density at radius 1 is 1.17 bits per heavy atom. The van der Waals surface area contributed by atoms with Crippen LogP contribution in [0.5, 0.6) is 0 Å². The third kappa shape index (κ3) is 2.83. The predicted molar refractivity (Wildman–Crippen MR) is 96.3 cm³/mol. The average Bonchev–Trinajstić information content (AvgIpc) is 3.13. The molecule has 4 nitrogen and oxygen atoms in total. The fourth-order valence-electron chi connectivity index (χ4n) is 2.53. The third-order valence-electron chi connectivity index (χ3n) is 3.54. The summed E-state index contributed by atoms with van der Waals surface area (Å²) in [5.41, 5.74) is 1.74. The number of hydrogen-bond donors (Lipinski definition) is 1. The Hall–Kier alpha value is -2.31. The molecule has 2 heterocycles. The zero-order valence-electron chi connectivity index (χ0n) is 12.4. The van der Waals surface area contributed by atoms with Crippen molar-refractivity contribution in [3.05, 3.63) is 52.5 Å². The minimum absolute atomic E-state index is 0.0846. The molecule has 0 fully saturated rings. The zero-order chi connectivity index (χ0) is 15.8. The average molecular weight is 339 g/mol. The molecular weight excluding hydrogens is 326 g/mol. The number of fused-ring (bicyclic) bond motifs is 3. The Labute approximate surface area is 140 Å². The number of aromatic nitrogens is 2. The van der Waals surface area contributed by atoms with Crippen molar-refractivity contribution in [2.24, 2.45) is 0 Å². The molecule has 0 saturated carbocycles. The summed E-state index contributed by atoms with van der Waals surface area (Å²) in [6.07, 6.45) is 0.279. The van der Waals surface area contributed by atoms with E-state index in [1.165, 1.54) is 11.3 Å². The van der Waals surface area contributed by atoms with Gasteiger partial charge in [0.1, 0.15) is 0 Å². The Morgan fingerprint density at radius 3 is 2.87 bits per heavy atom. The molecule has 4 aromatic rings. The largest absolute Gasteiger partial charge is 0.302 e. The number of carbonyl (C=O) groups excluding carboxylic acids is 1. The standard InChI is InChI=1S/C17H13N3OS2/c1-10-18-12(9-22-10)8-15(21)19-17-20-16-13-5-3-2-4-11(13)6-7-14(16)23-17/h2-7,9H,8H2,1H3,(H,19,20,21). The van der Waals surface area contributed by atoms with Gasteiger partial charge in [-0.2, -0.15) is 0 Å². The van der Waals surface area contributed by atoms with Gasteiger partial charge in [0, 0.05) is 10.8 Å². The van der Waals surface area contributed by atoms with Crippen LogP contribution in [0.1, 0.15) is 10.7 Å². The van der Waals surface area contributed by atoms with Crippen molar-refractivity contribution >= 4 is 54.7 Å². The number of anilines is 1. The molecule has 114 valence electrons. The lowest BCUT2D eigenvalue weighted by Gasteiger charge is -1.98. The van der Waals surface area contributed by atoms with Gasteiger partial charge in [0.25, 0.3) is 0 Å². The highest BCUT2D eigenvalue weighted by molar-refractivity contribution is 7.22. The molecule has 6 heteroatoms. The summed E-state index contributed by atoms with van der Waals surface area (Å²) < 4.78 is 1.07. The van der Waals surface area contributed by atoms with Crippen molar-refractivity contribution in [3.63, 3.8) is 0 Å². The summed E-state index contributed by atoms with van der Waals surface area (Å²) >= 11 is 3.05. The van der Waals surface area contributed by atoms with E-state index in [9.17, 15) is 4.79 Å². The van der Waals surface area contributed by atoms with Gasteiger partial charge in [-0.25, -0.2) is 9.97 Å². The number of thiazole rings is 2. The lowest BCUT2D eigenvalue weighted by atomic mass is 10.1. The number of benzene rings is 2. The van der Waals surface area contributed by atoms with Crippen LogP contribution in [0.15, 0.2) is 41.8 Å². The first-order valence-electron chi connectivity index (χ1n) is 7.18. The van der Waals surface area contributed by atoms with Gasteiger partial charge in [0.2, 0.25) is 5.91 Å². The van der Waals surface area contributed by atoms with Gasteiger partial charge in [-0.15, -0.1) is 11.3 Å². The van der Waals surface area contributed by atoms with E-state index in [1.54, 1.807) is 11.3 Å². The van der Waals surface area contributed by atoms with Crippen LogP contribution in [-0.4, -0.2) is 15.9 Å². The molecule has 2 aromatic heterocycles. The minimum atomic E-state index is -0.0846. The topological polar surface area (TPSA) is 54.9 Å². The molecular formula is C17H13N3OS2. The molecule has 0 aliphatic carbocycles. The Balaban J connectivity index is 1.61. The van der Waals surface area contributed by atoms with Crippen molar-refractivity contribution in [3.8, 4) is 0 Å². The zero-order valence-corrected chi connectivity index (χ0v) is 14.0. The summed E-state index contributed by atoms with van der Waals surface area (Å²) in [7, 11) is 0. The first-order valence-corrected chi connectivity index (χ1v) is 8.88. The van der Waals surface area contributed by atoms with Gasteiger partial charge in [0.05, 0.1) is 27.3 Å². The Morgan fingerprint density at radius 2 is 2.04 bits per heavy atom. The quantitative estimate of drug-likeness (QED) is 0.602. The van der Waals surface area contributed by atoms with Gasteiger partial charge in [-0.3, -0.25) is 4.79 Å². The SMILES string of the molecule is Cc1nc(CC(=O)Nc2nc3c(ccc4ccccc43)s2)cs1. The number of nitrogens with zero attached hydrogens (tertiary/aromatic N) is 2. The van der Waals surface area contributed by atoms with E-state index in [1.807, 2.05) is 24.4 Å². The van der Waals surface area contributed by atoms with E-state index in [2.05, 4.69) is 39.6 Å². The van der Waals surface area contributed by atoms with Gasteiger partial charge < -0.3 is 5.32 Å². The lowest BCUT2D eigenvalue weighted by molar-refractivity contribution is -0.115. The smallest absolute Gasteiger partial charge is 0.232 e. The second-order valence-corrected chi connectivity index (χ2v) is 7.33. The first kappa shape index (κ1) is 14.3. The normalized spacial score (nSPS) is 11.2. The number of nitrogens with one attached hydrogen (secondary N) is 1. The maximum atomic E-state index is 12.2. The van der Waals surface area contributed by atoms with Crippen LogP contribution >= 0.6 is 22.7 Å². The maximum absolute atomic E-state index is 12.2. The summed E-state index contributed by atoms with van der Waals surface area (Å²) in [6, 6.07) is 12.3. The molecule has 0 bridgehead atoms. The van der Waals surface area contributed by atoms with E-state index < -0.39 is 0 Å². The van der Waals surface area contributed by atoms with Crippen LogP contribution in [-0.2, 0) is 11.2 Å². The fraction of sp³-hybridized carbons (Fsp3) is 0.118. The van der Waals surface area contributed by atoms with Gasteiger partial charge >= 0.3 is 0 Å². The molecule has 4 rings (SSSR count). The summed E-state index contributed by atoms with van der Waals surface area (Å²) in [5.74, 6) is -0.0846. The monoisotopic (exact) mass is 339 g/mol. The second kappa shape index (κ2) is 5.72. The highest BCUT2D eigenvalue weighted by atomic mass is 32.1. The van der Waals surface area contributed by atoms with Gasteiger partial charge in [-0.1, -0.05) is 41.7 Å². The van der Waals surface area contributed by atoms with Crippen LogP contribution in [0.25, 0.3) is 21.0 Å². The van der Waals surface area contributed by atoms with Crippen molar-refractivity contribution in [1.82, 2.24) is 9.97 Å². The van der Waals surface area contributed by atoms with Crippen LogP contribution < -0.4 is 5.32 Å². The first-order chi connectivity index (χ1) is 11.2. The second-order valence-electron chi connectivity index (χ2n) is 5.24. The third-order valence-corrected chi connectivity index (χ3v) is 5.30. The summed E-state index contributed by atoms with van der Waals surface area (Å²) in [5, 5.41) is 8.67. The number of amides is 1. The van der Waals surface area contributed by atoms with E-state index in [0.29, 0.717) is 5.13 Å². The molecule has 23 heavy (non-hydrogen) atoms. The molecule has 0 aliphatic heterocycles. The predicted octanol–water partition coefficient (Wildman–Crippen LogP) is 4.40. The molecule has 0 atom stereocenters. The number of hydrogen-bond acceptors (Lipinski definition) is 5. The molecule has 0 spiro atoms. The molecule has 0 aliphatic rings. The molecule has 0 saturated heterocycles. The van der Waals surface area contributed by atoms with Crippen molar-refractivity contribution in [2.45, 2.75) is 13.3 Å². The summed E-state index contributed by atoms with van der Waals surface area (Å²) in [4.78, 5) is 21.1. The minimum Gasteiger partial charge on any atom is -0.302 e. The molecule has 0 radical (unpaired) electrons. The van der Waals surface area contributed by atoms with Gasteiger partial charge in [0.15, 0.2) is 5.13 Å².